The van der Waals surface area contributed by atoms with Crippen LogP contribution in [0.5, 0.6) is 0 Å². The molecule has 0 saturated heterocycles. The fourth-order valence-electron chi connectivity index (χ4n) is 2.61. The van der Waals surface area contributed by atoms with E-state index >= 15 is 0 Å². The van der Waals surface area contributed by atoms with Crippen molar-refractivity contribution in [1.29, 1.82) is 0 Å². The molecule has 2 saturated carbocycles. The molecule has 2 fully saturated rings. The van der Waals surface area contributed by atoms with E-state index in [4.69, 9.17) is 5.73 Å². The third-order valence-corrected chi connectivity index (χ3v) is 4.13. The summed E-state index contributed by atoms with van der Waals surface area (Å²) in [5, 5.41) is 0. The quantitative estimate of drug-likeness (QED) is 0.579. The van der Waals surface area contributed by atoms with E-state index in [0.29, 0.717) is 12.0 Å². The molecule has 0 heterocycles. The van der Waals surface area contributed by atoms with Gasteiger partial charge in [0.25, 0.3) is 0 Å². The summed E-state index contributed by atoms with van der Waals surface area (Å²) in [6.07, 6.45) is 8.05. The van der Waals surface area contributed by atoms with Gasteiger partial charge in [0.1, 0.15) is 0 Å². The highest BCUT2D eigenvalue weighted by Crippen LogP contribution is 2.25. The second-order valence-electron chi connectivity index (χ2n) is 5.50. The van der Waals surface area contributed by atoms with E-state index in [1.54, 1.807) is 0 Å². The third kappa shape index (κ3) is 3.60. The van der Waals surface area contributed by atoms with Crippen LogP contribution in [0, 0.1) is 0 Å². The molecule has 0 aromatic heterocycles. The minimum Gasteiger partial charge on any atom is -0.370 e. The van der Waals surface area contributed by atoms with Gasteiger partial charge in [0, 0.05) is 25.7 Å². The van der Waals surface area contributed by atoms with Gasteiger partial charge in [0.05, 0.1) is 6.54 Å². The number of hydrogen-bond acceptors (Lipinski definition) is 2. The van der Waals surface area contributed by atoms with Crippen molar-refractivity contribution < 1.29 is 0 Å². The fraction of sp³-hybridized carbons (Fsp3) is 0.923. The number of aliphatic imine (C=N–C) groups is 1. The van der Waals surface area contributed by atoms with Crippen molar-refractivity contribution in [2.45, 2.75) is 50.6 Å². The first-order valence-corrected chi connectivity index (χ1v) is 6.91. The molecule has 0 amide bonds. The molecule has 2 rings (SSSR count). The fourth-order valence-corrected chi connectivity index (χ4v) is 2.61. The van der Waals surface area contributed by atoms with Crippen LogP contribution in [0.1, 0.15) is 38.5 Å². The van der Waals surface area contributed by atoms with E-state index in [1.165, 1.54) is 38.5 Å². The summed E-state index contributed by atoms with van der Waals surface area (Å²) in [7, 11) is 4.27. The van der Waals surface area contributed by atoms with Crippen LogP contribution in [-0.2, 0) is 0 Å². The van der Waals surface area contributed by atoms with Gasteiger partial charge in [-0.25, -0.2) is 0 Å². The lowest BCUT2D eigenvalue weighted by Crippen LogP contribution is -2.37. The molecule has 0 spiro atoms. The lowest BCUT2D eigenvalue weighted by molar-refractivity contribution is 0.252. The van der Waals surface area contributed by atoms with Gasteiger partial charge < -0.3 is 15.5 Å². The summed E-state index contributed by atoms with van der Waals surface area (Å²) >= 11 is 0. The highest BCUT2D eigenvalue weighted by Gasteiger charge is 2.27. The third-order valence-electron chi connectivity index (χ3n) is 4.13. The van der Waals surface area contributed by atoms with Crippen LogP contribution in [0.4, 0.5) is 0 Å². The Hall–Kier alpha value is -0.770. The summed E-state index contributed by atoms with van der Waals surface area (Å²) in [4.78, 5) is 9.04. The van der Waals surface area contributed by atoms with E-state index in [-0.39, 0.29) is 0 Å². The molecule has 2 aliphatic rings. The van der Waals surface area contributed by atoms with E-state index in [9.17, 15) is 0 Å². The van der Waals surface area contributed by atoms with E-state index in [0.717, 1.165) is 19.1 Å². The van der Waals surface area contributed by atoms with Gasteiger partial charge in [0.15, 0.2) is 5.96 Å². The lowest BCUT2D eigenvalue weighted by atomic mass is 10.2. The Morgan fingerprint density at radius 3 is 2.35 bits per heavy atom. The van der Waals surface area contributed by atoms with Crippen molar-refractivity contribution in [2.75, 3.05) is 27.2 Å². The number of nitrogens with two attached hydrogens (primary N) is 1. The Balaban J connectivity index is 1.68. The van der Waals surface area contributed by atoms with Crippen molar-refractivity contribution in [2.24, 2.45) is 10.7 Å². The van der Waals surface area contributed by atoms with Gasteiger partial charge in [0.2, 0.25) is 0 Å². The first-order chi connectivity index (χ1) is 8.18. The minimum atomic E-state index is 0.659. The molecule has 0 aromatic carbocycles. The molecule has 0 atom stereocenters. The van der Waals surface area contributed by atoms with Gasteiger partial charge in [-0.2, -0.15) is 0 Å². The summed E-state index contributed by atoms with van der Waals surface area (Å²) in [5.41, 5.74) is 5.96. The number of rotatable bonds is 5. The normalized spacial score (nSPS) is 22.4. The molecule has 0 radical (unpaired) electrons. The van der Waals surface area contributed by atoms with E-state index < -0.39 is 0 Å². The van der Waals surface area contributed by atoms with Crippen LogP contribution in [0.3, 0.4) is 0 Å². The molecule has 2 aliphatic carbocycles. The Morgan fingerprint density at radius 2 is 1.76 bits per heavy atom. The van der Waals surface area contributed by atoms with Gasteiger partial charge >= 0.3 is 0 Å². The van der Waals surface area contributed by atoms with E-state index in [2.05, 4.69) is 28.9 Å². The van der Waals surface area contributed by atoms with Gasteiger partial charge in [-0.05, 0) is 32.7 Å². The first kappa shape index (κ1) is 12.7. The monoisotopic (exact) mass is 238 g/mol. The Morgan fingerprint density at radius 1 is 1.12 bits per heavy atom. The first-order valence-electron chi connectivity index (χ1n) is 6.91. The smallest absolute Gasteiger partial charge is 0.191 e. The maximum Gasteiger partial charge on any atom is 0.191 e. The van der Waals surface area contributed by atoms with Gasteiger partial charge in [-0.1, -0.05) is 12.8 Å². The minimum absolute atomic E-state index is 0.659. The van der Waals surface area contributed by atoms with Crippen LogP contribution in [0.25, 0.3) is 0 Å². The summed E-state index contributed by atoms with van der Waals surface area (Å²) in [6.45, 7) is 1.86. The SMILES string of the molecule is CN(CCN=C(N)N(C)C1CC1)C1CCCC1. The topological polar surface area (TPSA) is 44.9 Å². The van der Waals surface area contributed by atoms with Gasteiger partial charge in [-0.3, -0.25) is 4.99 Å². The molecule has 0 unspecified atom stereocenters. The average Bonchev–Trinajstić information content (AvgIpc) is 3.02. The zero-order valence-corrected chi connectivity index (χ0v) is 11.2. The number of guanidine groups is 1. The van der Waals surface area contributed by atoms with Crippen molar-refractivity contribution >= 4 is 5.96 Å². The summed E-state index contributed by atoms with van der Waals surface area (Å²) < 4.78 is 0. The predicted molar refractivity (Wildman–Crippen MR) is 72.2 cm³/mol. The molecule has 4 heteroatoms. The molecule has 4 nitrogen and oxygen atoms in total. The largest absolute Gasteiger partial charge is 0.370 e. The zero-order chi connectivity index (χ0) is 12.3. The van der Waals surface area contributed by atoms with Crippen molar-refractivity contribution in [1.82, 2.24) is 9.80 Å². The number of likely N-dealkylation sites (N-methyl/N-ethyl adjacent to an activating group) is 1. The Bertz CT molecular complexity index is 267. The molecule has 2 N–H and O–H groups in total. The van der Waals surface area contributed by atoms with Crippen LogP contribution >= 0.6 is 0 Å². The van der Waals surface area contributed by atoms with Crippen LogP contribution < -0.4 is 5.73 Å². The van der Waals surface area contributed by atoms with Crippen LogP contribution in [0.2, 0.25) is 0 Å². The summed E-state index contributed by atoms with van der Waals surface area (Å²) in [5.74, 6) is 0.715. The number of hydrogen-bond donors (Lipinski definition) is 1. The molecular formula is C13H26N4. The molecule has 98 valence electrons. The van der Waals surface area contributed by atoms with Crippen molar-refractivity contribution in [3.8, 4) is 0 Å². The molecular weight excluding hydrogens is 212 g/mol. The second kappa shape index (κ2) is 5.71. The number of nitrogens with zero attached hydrogens (tertiary/aromatic N) is 3. The molecule has 0 bridgehead atoms. The summed E-state index contributed by atoms with van der Waals surface area (Å²) in [6, 6.07) is 1.44. The lowest BCUT2D eigenvalue weighted by Gasteiger charge is -2.23. The van der Waals surface area contributed by atoms with Crippen LogP contribution in [-0.4, -0.2) is 55.0 Å². The predicted octanol–water partition coefficient (Wildman–Crippen LogP) is 1.27. The zero-order valence-electron chi connectivity index (χ0n) is 11.2. The van der Waals surface area contributed by atoms with Crippen LogP contribution in [0.15, 0.2) is 4.99 Å². The highest BCUT2D eigenvalue weighted by molar-refractivity contribution is 5.78. The standard InChI is InChI=1S/C13H26N4/c1-16(11-5-3-4-6-11)10-9-15-13(14)17(2)12-7-8-12/h11-12H,3-10H2,1-2H3,(H2,14,15). The molecule has 0 aromatic rings. The van der Waals surface area contributed by atoms with E-state index in [1.807, 2.05) is 0 Å². The molecule has 17 heavy (non-hydrogen) atoms. The maximum atomic E-state index is 5.96. The van der Waals surface area contributed by atoms with Gasteiger partial charge in [-0.15, -0.1) is 0 Å². The van der Waals surface area contributed by atoms with Crippen molar-refractivity contribution in [3.05, 3.63) is 0 Å². The average molecular weight is 238 g/mol. The Kier molecular flexibility index (Phi) is 4.26. The maximum absolute atomic E-state index is 5.96. The molecule has 0 aliphatic heterocycles. The second-order valence-corrected chi connectivity index (χ2v) is 5.50. The highest BCUT2D eigenvalue weighted by atomic mass is 15.3. The van der Waals surface area contributed by atoms with Crippen molar-refractivity contribution in [3.63, 3.8) is 0 Å². The Labute approximate surface area is 105 Å².